The molecule has 1 aliphatic heterocycles. The number of piperazine rings is 1. The van der Waals surface area contributed by atoms with Gasteiger partial charge in [-0.3, -0.25) is 9.59 Å². The van der Waals surface area contributed by atoms with E-state index in [2.05, 4.69) is 0 Å². The second kappa shape index (κ2) is 6.93. The third-order valence-electron chi connectivity index (χ3n) is 4.35. The lowest BCUT2D eigenvalue weighted by atomic mass is 10.1. The van der Waals surface area contributed by atoms with Crippen LogP contribution in [0.25, 0.3) is 0 Å². The number of hydrogen-bond donors (Lipinski definition) is 0. The van der Waals surface area contributed by atoms with Crippen molar-refractivity contribution in [3.05, 3.63) is 59.9 Å². The number of rotatable bonds is 3. The largest absolute Gasteiger partial charge is 0.497 e. The molecule has 130 valence electrons. The normalized spacial score (nSPS) is 17.6. The fourth-order valence-electron chi connectivity index (χ4n) is 2.97. The summed E-state index contributed by atoms with van der Waals surface area (Å²) >= 11 is 0. The van der Waals surface area contributed by atoms with E-state index >= 15 is 0 Å². The van der Waals surface area contributed by atoms with Crippen molar-refractivity contribution in [2.45, 2.75) is 13.0 Å². The Kier molecular flexibility index (Phi) is 4.70. The van der Waals surface area contributed by atoms with E-state index in [0.29, 0.717) is 18.8 Å². The first kappa shape index (κ1) is 17.0. The van der Waals surface area contributed by atoms with E-state index < -0.39 is 11.9 Å². The van der Waals surface area contributed by atoms with Crippen LogP contribution in [0.15, 0.2) is 48.5 Å². The van der Waals surface area contributed by atoms with Gasteiger partial charge < -0.3 is 14.5 Å². The average molecular weight is 342 g/mol. The highest BCUT2D eigenvalue weighted by atomic mass is 19.1. The van der Waals surface area contributed by atoms with Crippen molar-refractivity contribution in [1.82, 2.24) is 4.90 Å². The van der Waals surface area contributed by atoms with Gasteiger partial charge in [-0.1, -0.05) is 12.1 Å². The van der Waals surface area contributed by atoms with Crippen LogP contribution in [0.3, 0.4) is 0 Å². The van der Waals surface area contributed by atoms with Gasteiger partial charge in [-0.15, -0.1) is 0 Å². The van der Waals surface area contributed by atoms with Gasteiger partial charge in [-0.2, -0.15) is 0 Å². The monoisotopic (exact) mass is 342 g/mol. The second-order valence-electron chi connectivity index (χ2n) is 5.88. The van der Waals surface area contributed by atoms with Gasteiger partial charge >= 0.3 is 0 Å². The summed E-state index contributed by atoms with van der Waals surface area (Å²) < 4.78 is 18.6. The molecule has 1 fully saturated rings. The molecule has 2 amide bonds. The predicted octanol–water partition coefficient (Wildman–Crippen LogP) is 2.71. The standard InChI is InChI=1S/C19H19FN2O3/c1-13-18(23)22(16-7-4-8-17(12-16)25-2)10-9-21(13)19(24)14-5-3-6-15(20)11-14/h3-8,11-13H,9-10H2,1-2H3/t13-/m0/s1. The van der Waals surface area contributed by atoms with E-state index in [9.17, 15) is 14.0 Å². The van der Waals surface area contributed by atoms with E-state index in [0.717, 1.165) is 5.69 Å². The Labute approximate surface area is 145 Å². The van der Waals surface area contributed by atoms with Crippen molar-refractivity contribution in [1.29, 1.82) is 0 Å². The number of hydrogen-bond acceptors (Lipinski definition) is 3. The average Bonchev–Trinajstić information content (AvgIpc) is 2.63. The first-order valence-corrected chi connectivity index (χ1v) is 8.03. The van der Waals surface area contributed by atoms with Gasteiger partial charge in [0.2, 0.25) is 5.91 Å². The van der Waals surface area contributed by atoms with Crippen molar-refractivity contribution in [2.75, 3.05) is 25.1 Å². The molecule has 0 saturated carbocycles. The Morgan fingerprint density at radius 1 is 1.16 bits per heavy atom. The van der Waals surface area contributed by atoms with E-state index in [-0.39, 0.29) is 17.4 Å². The number of nitrogens with zero attached hydrogens (tertiary/aromatic N) is 2. The van der Waals surface area contributed by atoms with Crippen LogP contribution >= 0.6 is 0 Å². The van der Waals surface area contributed by atoms with Crippen molar-refractivity contribution in [3.8, 4) is 5.75 Å². The lowest BCUT2D eigenvalue weighted by Crippen LogP contribution is -2.57. The number of ether oxygens (including phenoxy) is 1. The molecule has 0 spiro atoms. The first-order valence-electron chi connectivity index (χ1n) is 8.03. The summed E-state index contributed by atoms with van der Waals surface area (Å²) in [6.45, 7) is 2.43. The smallest absolute Gasteiger partial charge is 0.254 e. The van der Waals surface area contributed by atoms with Crippen LogP contribution in [0.1, 0.15) is 17.3 Å². The Balaban J connectivity index is 1.80. The van der Waals surface area contributed by atoms with Crippen LogP contribution in [0.2, 0.25) is 0 Å². The Morgan fingerprint density at radius 3 is 2.64 bits per heavy atom. The fourth-order valence-corrected chi connectivity index (χ4v) is 2.97. The maximum absolute atomic E-state index is 13.4. The molecule has 0 unspecified atom stereocenters. The molecule has 3 rings (SSSR count). The zero-order valence-corrected chi connectivity index (χ0v) is 14.1. The molecule has 1 saturated heterocycles. The molecule has 25 heavy (non-hydrogen) atoms. The summed E-state index contributed by atoms with van der Waals surface area (Å²) in [7, 11) is 1.57. The summed E-state index contributed by atoms with van der Waals surface area (Å²) in [6, 6.07) is 12.1. The number of methoxy groups -OCH3 is 1. The minimum Gasteiger partial charge on any atom is -0.497 e. The van der Waals surface area contributed by atoms with Crippen LogP contribution in [0.5, 0.6) is 5.75 Å². The number of halogens is 1. The van der Waals surface area contributed by atoms with Gasteiger partial charge in [-0.05, 0) is 37.3 Å². The minimum atomic E-state index is -0.629. The molecule has 0 aromatic heterocycles. The van der Waals surface area contributed by atoms with Gasteiger partial charge in [0, 0.05) is 30.4 Å². The highest BCUT2D eigenvalue weighted by Gasteiger charge is 2.35. The van der Waals surface area contributed by atoms with Crippen molar-refractivity contribution < 1.29 is 18.7 Å². The Morgan fingerprint density at radius 2 is 1.92 bits per heavy atom. The summed E-state index contributed by atoms with van der Waals surface area (Å²) in [5, 5.41) is 0. The maximum atomic E-state index is 13.4. The molecule has 0 N–H and O–H groups in total. The number of anilines is 1. The fraction of sp³-hybridized carbons (Fsp3) is 0.263. The van der Waals surface area contributed by atoms with Crippen LogP contribution in [0.4, 0.5) is 10.1 Å². The molecule has 0 bridgehead atoms. The molecule has 0 aliphatic carbocycles. The third kappa shape index (κ3) is 3.33. The first-order chi connectivity index (χ1) is 12.0. The lowest BCUT2D eigenvalue weighted by molar-refractivity contribution is -0.124. The number of carbonyl (C=O) groups excluding carboxylic acids is 2. The van der Waals surface area contributed by atoms with Crippen LogP contribution in [-0.2, 0) is 4.79 Å². The molecule has 5 nitrogen and oxygen atoms in total. The summed E-state index contributed by atoms with van der Waals surface area (Å²) in [5.74, 6) is -0.328. The summed E-state index contributed by atoms with van der Waals surface area (Å²) in [6.07, 6.45) is 0. The van der Waals surface area contributed by atoms with E-state index in [1.807, 2.05) is 12.1 Å². The van der Waals surface area contributed by atoms with Crippen molar-refractivity contribution in [2.24, 2.45) is 0 Å². The molecule has 2 aromatic carbocycles. The molecular formula is C19H19FN2O3. The molecule has 1 heterocycles. The van der Waals surface area contributed by atoms with E-state index in [1.165, 1.54) is 23.1 Å². The van der Waals surface area contributed by atoms with Crippen LogP contribution in [0, 0.1) is 5.82 Å². The lowest BCUT2D eigenvalue weighted by Gasteiger charge is -2.39. The van der Waals surface area contributed by atoms with Crippen LogP contribution < -0.4 is 9.64 Å². The van der Waals surface area contributed by atoms with Gasteiger partial charge in [0.15, 0.2) is 0 Å². The highest BCUT2D eigenvalue weighted by molar-refractivity contribution is 6.03. The topological polar surface area (TPSA) is 49.9 Å². The molecule has 2 aromatic rings. The SMILES string of the molecule is COc1cccc(N2CCN(C(=O)c3cccc(F)c3)[C@@H](C)C2=O)c1. The van der Waals surface area contributed by atoms with E-state index in [1.54, 1.807) is 37.1 Å². The summed E-state index contributed by atoms with van der Waals surface area (Å²) in [4.78, 5) is 28.5. The number of amides is 2. The zero-order chi connectivity index (χ0) is 18.0. The number of carbonyl (C=O) groups is 2. The van der Waals surface area contributed by atoms with Gasteiger partial charge in [0.25, 0.3) is 5.91 Å². The van der Waals surface area contributed by atoms with Crippen LogP contribution in [-0.4, -0.2) is 43.0 Å². The van der Waals surface area contributed by atoms with E-state index in [4.69, 9.17) is 4.74 Å². The Bertz CT molecular complexity index is 809. The van der Waals surface area contributed by atoms with Crippen molar-refractivity contribution in [3.63, 3.8) is 0 Å². The number of benzene rings is 2. The molecule has 6 heteroatoms. The molecule has 1 atom stereocenters. The maximum Gasteiger partial charge on any atom is 0.254 e. The second-order valence-corrected chi connectivity index (χ2v) is 5.88. The molecule has 1 aliphatic rings. The Hall–Kier alpha value is -2.89. The van der Waals surface area contributed by atoms with Gasteiger partial charge in [-0.25, -0.2) is 4.39 Å². The van der Waals surface area contributed by atoms with Gasteiger partial charge in [0.05, 0.1) is 7.11 Å². The molecular weight excluding hydrogens is 323 g/mol. The highest BCUT2D eigenvalue weighted by Crippen LogP contribution is 2.25. The third-order valence-corrected chi connectivity index (χ3v) is 4.35. The quantitative estimate of drug-likeness (QED) is 0.862. The van der Waals surface area contributed by atoms with Crippen molar-refractivity contribution >= 4 is 17.5 Å². The van der Waals surface area contributed by atoms with Gasteiger partial charge in [0.1, 0.15) is 17.6 Å². The zero-order valence-electron chi connectivity index (χ0n) is 14.1. The molecule has 0 radical (unpaired) electrons. The predicted molar refractivity (Wildman–Crippen MR) is 92.2 cm³/mol. The summed E-state index contributed by atoms with van der Waals surface area (Å²) in [5.41, 5.74) is 0.975. The minimum absolute atomic E-state index is 0.177.